The molecule has 2 N–H and O–H groups in total. The summed E-state index contributed by atoms with van der Waals surface area (Å²) in [5.41, 5.74) is 0.608. The Morgan fingerprint density at radius 3 is 2.81 bits per heavy atom. The van der Waals surface area contributed by atoms with Crippen LogP contribution in [0.1, 0.15) is 12.0 Å². The van der Waals surface area contributed by atoms with Crippen molar-refractivity contribution < 1.29 is 19.7 Å². The molecule has 0 aromatic heterocycles. The van der Waals surface area contributed by atoms with E-state index in [4.69, 9.17) is 26.2 Å². The van der Waals surface area contributed by atoms with Crippen molar-refractivity contribution in [3.63, 3.8) is 0 Å². The topological polar surface area (TPSA) is 58.9 Å². The number of halogens is 1. The number of rotatable bonds is 3. The van der Waals surface area contributed by atoms with Crippen molar-refractivity contribution in [2.75, 3.05) is 19.8 Å². The smallest absolute Gasteiger partial charge is 0.168 e. The van der Waals surface area contributed by atoms with Gasteiger partial charge in [-0.3, -0.25) is 0 Å². The molecule has 0 saturated carbocycles. The predicted molar refractivity (Wildman–Crippen MR) is 59.5 cm³/mol. The van der Waals surface area contributed by atoms with E-state index < -0.39 is 0 Å². The molecule has 88 valence electrons. The van der Waals surface area contributed by atoms with Crippen LogP contribution in [0.3, 0.4) is 0 Å². The van der Waals surface area contributed by atoms with E-state index in [-0.39, 0.29) is 17.4 Å². The minimum absolute atomic E-state index is 0.0133. The average Bonchev–Trinajstić information content (AvgIpc) is 2.30. The molecule has 0 aliphatic carbocycles. The zero-order valence-electron chi connectivity index (χ0n) is 8.70. The van der Waals surface area contributed by atoms with Gasteiger partial charge >= 0.3 is 0 Å². The van der Waals surface area contributed by atoms with Crippen molar-refractivity contribution in [1.29, 1.82) is 0 Å². The van der Waals surface area contributed by atoms with Crippen LogP contribution in [0.15, 0.2) is 6.07 Å². The number of hydrogen-bond donors (Lipinski definition) is 2. The number of fused-ring (bicyclic) bond motifs is 1. The van der Waals surface area contributed by atoms with Gasteiger partial charge in [-0.25, -0.2) is 0 Å². The first kappa shape index (κ1) is 11.4. The molecule has 0 unspecified atom stereocenters. The highest BCUT2D eigenvalue weighted by atomic mass is 35.5. The second kappa shape index (κ2) is 4.80. The Morgan fingerprint density at radius 2 is 2.06 bits per heavy atom. The molecular formula is C11H13ClO4. The van der Waals surface area contributed by atoms with Gasteiger partial charge in [-0.1, -0.05) is 11.6 Å². The van der Waals surface area contributed by atoms with Crippen LogP contribution in [-0.4, -0.2) is 30.0 Å². The number of aliphatic hydroxyl groups is 1. The van der Waals surface area contributed by atoms with Crippen LogP contribution in [0.5, 0.6) is 17.2 Å². The van der Waals surface area contributed by atoms with Crippen molar-refractivity contribution in [3.8, 4) is 17.2 Å². The second-order valence-electron chi connectivity index (χ2n) is 3.54. The molecule has 1 aliphatic rings. The molecule has 4 nitrogen and oxygen atoms in total. The van der Waals surface area contributed by atoms with Crippen LogP contribution in [-0.2, 0) is 6.42 Å². The van der Waals surface area contributed by atoms with Gasteiger partial charge in [-0.2, -0.15) is 0 Å². The number of phenolic OH excluding ortho intramolecular Hbond substituents is 1. The maximum atomic E-state index is 9.83. The molecule has 0 fully saturated rings. The number of benzene rings is 1. The fourth-order valence-electron chi connectivity index (χ4n) is 1.70. The van der Waals surface area contributed by atoms with Crippen molar-refractivity contribution in [2.45, 2.75) is 12.8 Å². The molecule has 5 heteroatoms. The van der Waals surface area contributed by atoms with Crippen molar-refractivity contribution >= 4 is 11.6 Å². The number of aromatic hydroxyl groups is 1. The predicted octanol–water partition coefficient (Wildman–Crippen LogP) is 1.74. The second-order valence-corrected chi connectivity index (χ2v) is 3.94. The molecule has 0 amide bonds. The quantitative estimate of drug-likeness (QED) is 0.850. The molecule has 1 aliphatic heterocycles. The van der Waals surface area contributed by atoms with Gasteiger partial charge in [0.05, 0.1) is 5.02 Å². The standard InChI is InChI=1S/C11H13ClO4/c12-8-6-9-11(16-5-4-15-9)7(10(8)14)2-1-3-13/h6,13-14H,1-5H2. The third-order valence-electron chi connectivity index (χ3n) is 2.44. The molecule has 16 heavy (non-hydrogen) atoms. The molecule has 1 heterocycles. The number of phenols is 1. The summed E-state index contributed by atoms with van der Waals surface area (Å²) in [5.74, 6) is 1.11. The summed E-state index contributed by atoms with van der Waals surface area (Å²) in [6.07, 6.45) is 1.05. The Kier molecular flexibility index (Phi) is 3.41. The number of hydrogen-bond acceptors (Lipinski definition) is 4. The first-order valence-corrected chi connectivity index (χ1v) is 5.52. The lowest BCUT2D eigenvalue weighted by Gasteiger charge is -2.22. The van der Waals surface area contributed by atoms with Crippen LogP contribution in [0, 0.1) is 0 Å². The summed E-state index contributed by atoms with van der Waals surface area (Å²) in [6.45, 7) is 0.995. The molecule has 1 aromatic carbocycles. The third kappa shape index (κ3) is 2.03. The highest BCUT2D eigenvalue weighted by Crippen LogP contribution is 2.44. The summed E-state index contributed by atoms with van der Waals surface area (Å²) >= 11 is 5.88. The molecule has 2 rings (SSSR count). The third-order valence-corrected chi connectivity index (χ3v) is 2.73. The maximum absolute atomic E-state index is 9.83. The van der Waals surface area contributed by atoms with E-state index in [2.05, 4.69) is 0 Å². The summed E-state index contributed by atoms with van der Waals surface area (Å²) in [4.78, 5) is 0. The van der Waals surface area contributed by atoms with Gasteiger partial charge < -0.3 is 19.7 Å². The molecule has 0 atom stereocenters. The van der Waals surface area contributed by atoms with E-state index in [1.807, 2.05) is 0 Å². The normalized spacial score (nSPS) is 13.9. The molecule has 1 aromatic rings. The lowest BCUT2D eigenvalue weighted by atomic mass is 10.1. The molecule has 0 saturated heterocycles. The van der Waals surface area contributed by atoms with Crippen molar-refractivity contribution in [2.24, 2.45) is 0 Å². The zero-order valence-corrected chi connectivity index (χ0v) is 9.46. The van der Waals surface area contributed by atoms with E-state index >= 15 is 0 Å². The summed E-state index contributed by atoms with van der Waals surface area (Å²) in [6, 6.07) is 1.55. The summed E-state index contributed by atoms with van der Waals surface area (Å²) in [7, 11) is 0. The highest BCUT2D eigenvalue weighted by Gasteiger charge is 2.21. The number of aliphatic hydroxyl groups excluding tert-OH is 1. The largest absolute Gasteiger partial charge is 0.506 e. The fraction of sp³-hybridized carbons (Fsp3) is 0.455. The zero-order chi connectivity index (χ0) is 11.5. The summed E-state index contributed by atoms with van der Waals surface area (Å²) in [5, 5.41) is 18.9. The molecular weight excluding hydrogens is 232 g/mol. The van der Waals surface area contributed by atoms with Gasteiger partial charge in [-0.05, 0) is 12.8 Å². The molecule has 0 spiro atoms. The van der Waals surface area contributed by atoms with Gasteiger partial charge in [0.1, 0.15) is 19.0 Å². The van der Waals surface area contributed by atoms with E-state index in [1.54, 1.807) is 6.07 Å². The van der Waals surface area contributed by atoms with Crippen LogP contribution in [0.25, 0.3) is 0 Å². The SMILES string of the molecule is OCCCc1c(O)c(Cl)cc2c1OCCO2. The van der Waals surface area contributed by atoms with Gasteiger partial charge in [0.25, 0.3) is 0 Å². The van der Waals surface area contributed by atoms with Gasteiger partial charge in [0, 0.05) is 18.2 Å². The monoisotopic (exact) mass is 244 g/mol. The Labute approximate surface area is 98.4 Å². The number of ether oxygens (including phenoxy) is 2. The van der Waals surface area contributed by atoms with E-state index in [0.29, 0.717) is 43.1 Å². The lowest BCUT2D eigenvalue weighted by Crippen LogP contribution is -2.16. The molecule has 0 bridgehead atoms. The van der Waals surface area contributed by atoms with Gasteiger partial charge in [0.15, 0.2) is 11.5 Å². The lowest BCUT2D eigenvalue weighted by molar-refractivity contribution is 0.168. The van der Waals surface area contributed by atoms with Crippen LogP contribution >= 0.6 is 11.6 Å². The Bertz CT molecular complexity index is 392. The van der Waals surface area contributed by atoms with Crippen LogP contribution in [0.4, 0.5) is 0 Å². The van der Waals surface area contributed by atoms with Crippen molar-refractivity contribution in [3.05, 3.63) is 16.7 Å². The van der Waals surface area contributed by atoms with E-state index in [0.717, 1.165) is 0 Å². The minimum Gasteiger partial charge on any atom is -0.506 e. The first-order chi connectivity index (χ1) is 7.74. The van der Waals surface area contributed by atoms with Crippen LogP contribution in [0.2, 0.25) is 5.02 Å². The Morgan fingerprint density at radius 1 is 1.31 bits per heavy atom. The Hall–Kier alpha value is -1.13. The average molecular weight is 245 g/mol. The van der Waals surface area contributed by atoms with Gasteiger partial charge in [-0.15, -0.1) is 0 Å². The van der Waals surface area contributed by atoms with E-state index in [9.17, 15) is 5.11 Å². The minimum atomic E-state index is 0.0133. The van der Waals surface area contributed by atoms with E-state index in [1.165, 1.54) is 0 Å². The van der Waals surface area contributed by atoms with Crippen LogP contribution < -0.4 is 9.47 Å². The highest BCUT2D eigenvalue weighted by molar-refractivity contribution is 6.32. The Balaban J connectivity index is 2.41. The van der Waals surface area contributed by atoms with Crippen molar-refractivity contribution in [1.82, 2.24) is 0 Å². The summed E-state index contributed by atoms with van der Waals surface area (Å²) < 4.78 is 10.9. The van der Waals surface area contributed by atoms with Gasteiger partial charge in [0.2, 0.25) is 0 Å². The fourth-order valence-corrected chi connectivity index (χ4v) is 1.91. The molecule has 0 radical (unpaired) electrons. The first-order valence-electron chi connectivity index (χ1n) is 5.15. The maximum Gasteiger partial charge on any atom is 0.168 e.